The van der Waals surface area contributed by atoms with Gasteiger partial charge in [-0.1, -0.05) is 35.4 Å². The van der Waals surface area contributed by atoms with E-state index in [9.17, 15) is 18.0 Å². The second kappa shape index (κ2) is 9.36. The second-order valence-electron chi connectivity index (χ2n) is 7.74. The van der Waals surface area contributed by atoms with Crippen LogP contribution < -0.4 is 14.9 Å². The fourth-order valence-electron chi connectivity index (χ4n) is 3.71. The molecule has 0 radical (unpaired) electrons. The fourth-order valence-corrected chi connectivity index (χ4v) is 5.37. The first-order valence-corrected chi connectivity index (χ1v) is 12.2. The molecule has 10 heteroatoms. The van der Waals surface area contributed by atoms with E-state index in [0.717, 1.165) is 11.1 Å². The molecule has 0 fully saturated rings. The monoisotopic (exact) mass is 499 g/mol. The number of amides is 2. The van der Waals surface area contributed by atoms with Gasteiger partial charge in [-0.25, -0.2) is 18.0 Å². The average molecular weight is 500 g/mol. The van der Waals surface area contributed by atoms with Gasteiger partial charge in [-0.2, -0.15) is 0 Å². The number of anilines is 3. The molecule has 2 amide bonds. The quantitative estimate of drug-likeness (QED) is 0.489. The summed E-state index contributed by atoms with van der Waals surface area (Å²) in [5.74, 6) is -0.624. The van der Waals surface area contributed by atoms with Crippen LogP contribution in [-0.2, 0) is 21.2 Å². The first-order chi connectivity index (χ1) is 16.2. The summed E-state index contributed by atoms with van der Waals surface area (Å²) >= 11 is 6.00. The number of hydrogen-bond donors (Lipinski definition) is 2. The minimum atomic E-state index is -3.75. The van der Waals surface area contributed by atoms with E-state index < -0.39 is 22.0 Å². The molecule has 0 saturated carbocycles. The van der Waals surface area contributed by atoms with Crippen molar-refractivity contribution in [2.75, 3.05) is 28.6 Å². The van der Waals surface area contributed by atoms with Gasteiger partial charge in [0.1, 0.15) is 0 Å². The van der Waals surface area contributed by atoms with Crippen molar-refractivity contribution in [1.29, 1.82) is 0 Å². The number of sulfonamides is 1. The molecule has 34 heavy (non-hydrogen) atoms. The highest BCUT2D eigenvalue weighted by atomic mass is 35.5. The van der Waals surface area contributed by atoms with E-state index in [2.05, 4.69) is 10.6 Å². The molecule has 0 aliphatic carbocycles. The summed E-state index contributed by atoms with van der Waals surface area (Å²) in [5, 5.41) is 5.60. The molecular weight excluding hydrogens is 478 g/mol. The Kier molecular flexibility index (Phi) is 6.49. The number of aryl methyl sites for hydroxylation is 1. The summed E-state index contributed by atoms with van der Waals surface area (Å²) in [7, 11) is -2.51. The Bertz CT molecular complexity index is 1370. The molecule has 1 heterocycles. The number of fused-ring (bicyclic) bond motifs is 1. The molecule has 8 nitrogen and oxygen atoms in total. The number of methoxy groups -OCH3 is 1. The van der Waals surface area contributed by atoms with Crippen LogP contribution in [0.15, 0.2) is 65.6 Å². The number of carbonyl (C=O) groups is 2. The lowest BCUT2D eigenvalue weighted by Crippen LogP contribution is -2.29. The summed E-state index contributed by atoms with van der Waals surface area (Å²) in [5.41, 5.74) is 3.06. The zero-order valence-corrected chi connectivity index (χ0v) is 20.0. The Hall–Kier alpha value is -3.56. The highest BCUT2D eigenvalue weighted by Crippen LogP contribution is 2.35. The van der Waals surface area contributed by atoms with Crippen LogP contribution in [0.2, 0.25) is 5.02 Å². The number of nitrogens with one attached hydrogen (secondary N) is 2. The molecule has 3 aromatic rings. The minimum Gasteiger partial charge on any atom is -0.465 e. The molecule has 0 unspecified atom stereocenters. The second-order valence-corrected chi connectivity index (χ2v) is 10.0. The molecule has 0 atom stereocenters. The van der Waals surface area contributed by atoms with Gasteiger partial charge in [0.15, 0.2) is 0 Å². The van der Waals surface area contributed by atoms with E-state index in [4.69, 9.17) is 16.3 Å². The van der Waals surface area contributed by atoms with Crippen molar-refractivity contribution in [2.45, 2.75) is 18.2 Å². The van der Waals surface area contributed by atoms with E-state index in [-0.39, 0.29) is 16.1 Å². The van der Waals surface area contributed by atoms with Crippen LogP contribution in [0.4, 0.5) is 21.9 Å². The average Bonchev–Trinajstić information content (AvgIpc) is 3.23. The number of halogens is 1. The molecule has 1 aliphatic rings. The van der Waals surface area contributed by atoms with Crippen LogP contribution in [-0.4, -0.2) is 34.1 Å². The Morgan fingerprint density at radius 1 is 1.00 bits per heavy atom. The van der Waals surface area contributed by atoms with Crippen LogP contribution in [0, 0.1) is 6.92 Å². The maximum atomic E-state index is 13.2. The Labute approximate surface area is 202 Å². The van der Waals surface area contributed by atoms with E-state index in [0.29, 0.717) is 29.4 Å². The number of rotatable bonds is 5. The fraction of sp³-hybridized carbons (Fsp3) is 0.167. The molecule has 3 aromatic carbocycles. The van der Waals surface area contributed by atoms with Gasteiger partial charge in [-0.15, -0.1) is 0 Å². The van der Waals surface area contributed by atoms with Crippen LogP contribution >= 0.6 is 11.6 Å². The molecular formula is C24H22ClN3O5S. The van der Waals surface area contributed by atoms with Gasteiger partial charge in [0.25, 0.3) is 10.0 Å². The first kappa shape index (κ1) is 23.6. The Balaban J connectivity index is 1.56. The number of urea groups is 1. The van der Waals surface area contributed by atoms with Gasteiger partial charge in [0.2, 0.25) is 0 Å². The minimum absolute atomic E-state index is 0.145. The normalized spacial score (nSPS) is 12.7. The molecule has 4 rings (SSSR count). The maximum absolute atomic E-state index is 13.2. The smallest absolute Gasteiger partial charge is 0.339 e. The van der Waals surface area contributed by atoms with Gasteiger partial charge in [0.05, 0.1) is 28.9 Å². The number of nitrogens with zero attached hydrogens (tertiary/aromatic N) is 1. The SMILES string of the molecule is COC(=O)c1ccc(Cl)cc1NC(=O)Nc1ccc2c(c1)N(S(=O)(=O)c1ccc(C)cc1)CC2. The lowest BCUT2D eigenvalue weighted by Gasteiger charge is -2.20. The summed E-state index contributed by atoms with van der Waals surface area (Å²) in [4.78, 5) is 24.8. The Morgan fingerprint density at radius 2 is 1.74 bits per heavy atom. The van der Waals surface area contributed by atoms with E-state index in [1.807, 2.05) is 6.92 Å². The van der Waals surface area contributed by atoms with Gasteiger partial charge >= 0.3 is 12.0 Å². The molecule has 0 bridgehead atoms. The van der Waals surface area contributed by atoms with E-state index in [1.165, 1.54) is 29.6 Å². The molecule has 0 spiro atoms. The number of esters is 1. The van der Waals surface area contributed by atoms with Crippen molar-refractivity contribution in [3.8, 4) is 0 Å². The number of hydrogen-bond acceptors (Lipinski definition) is 5. The first-order valence-electron chi connectivity index (χ1n) is 10.4. The largest absolute Gasteiger partial charge is 0.465 e. The summed E-state index contributed by atoms with van der Waals surface area (Å²) in [6.45, 7) is 2.20. The van der Waals surface area contributed by atoms with Crippen molar-refractivity contribution < 1.29 is 22.7 Å². The molecule has 0 saturated heterocycles. The third kappa shape index (κ3) is 4.71. The zero-order chi connectivity index (χ0) is 24.5. The molecule has 176 valence electrons. The van der Waals surface area contributed by atoms with Crippen molar-refractivity contribution in [3.05, 3.63) is 82.4 Å². The topological polar surface area (TPSA) is 105 Å². The highest BCUT2D eigenvalue weighted by Gasteiger charge is 2.31. The van der Waals surface area contributed by atoms with E-state index >= 15 is 0 Å². The summed E-state index contributed by atoms with van der Waals surface area (Å²) in [6.07, 6.45) is 0.567. The third-order valence-corrected chi connectivity index (χ3v) is 7.50. The predicted molar refractivity (Wildman–Crippen MR) is 131 cm³/mol. The zero-order valence-electron chi connectivity index (χ0n) is 18.5. The summed E-state index contributed by atoms with van der Waals surface area (Å²) < 4.78 is 32.5. The van der Waals surface area contributed by atoms with Crippen LogP contribution in [0.3, 0.4) is 0 Å². The standard InChI is InChI=1S/C24H22ClN3O5S/c1-15-3-8-19(9-4-15)34(31,32)28-12-11-16-5-7-18(14-22(16)28)26-24(30)27-21-13-17(25)6-10-20(21)23(29)33-2/h3-10,13-14H,11-12H2,1-2H3,(H2,26,27,30). The van der Waals surface area contributed by atoms with Gasteiger partial charge in [-0.05, 0) is 61.4 Å². The molecule has 1 aliphatic heterocycles. The van der Waals surface area contributed by atoms with Crippen molar-refractivity contribution in [1.82, 2.24) is 0 Å². The van der Waals surface area contributed by atoms with Crippen molar-refractivity contribution in [3.63, 3.8) is 0 Å². The van der Waals surface area contributed by atoms with Crippen LogP contribution in [0.1, 0.15) is 21.5 Å². The van der Waals surface area contributed by atoms with Crippen molar-refractivity contribution in [2.24, 2.45) is 0 Å². The number of ether oxygens (including phenoxy) is 1. The third-order valence-electron chi connectivity index (χ3n) is 5.44. The van der Waals surface area contributed by atoms with Gasteiger partial charge < -0.3 is 15.4 Å². The number of carbonyl (C=O) groups excluding carboxylic acids is 2. The number of benzene rings is 3. The molecule has 0 aromatic heterocycles. The summed E-state index contributed by atoms with van der Waals surface area (Å²) in [6, 6.07) is 15.6. The van der Waals surface area contributed by atoms with Crippen LogP contribution in [0.25, 0.3) is 0 Å². The van der Waals surface area contributed by atoms with Gasteiger partial charge in [-0.3, -0.25) is 4.31 Å². The van der Waals surface area contributed by atoms with E-state index in [1.54, 1.807) is 42.5 Å². The lowest BCUT2D eigenvalue weighted by molar-refractivity contribution is 0.0602. The molecule has 2 N–H and O–H groups in total. The van der Waals surface area contributed by atoms with Crippen molar-refractivity contribution >= 4 is 50.7 Å². The highest BCUT2D eigenvalue weighted by molar-refractivity contribution is 7.92. The van der Waals surface area contributed by atoms with Gasteiger partial charge in [0, 0.05) is 17.3 Å². The maximum Gasteiger partial charge on any atom is 0.339 e. The Morgan fingerprint density at radius 3 is 2.44 bits per heavy atom. The van der Waals surface area contributed by atoms with Crippen LogP contribution in [0.5, 0.6) is 0 Å². The lowest BCUT2D eigenvalue weighted by atomic mass is 10.1. The predicted octanol–water partition coefficient (Wildman–Crippen LogP) is 4.83.